The van der Waals surface area contributed by atoms with Crippen molar-refractivity contribution in [1.82, 2.24) is 19.9 Å². The summed E-state index contributed by atoms with van der Waals surface area (Å²) in [6.07, 6.45) is 3.44. The van der Waals surface area contributed by atoms with E-state index in [9.17, 15) is 4.39 Å². The number of fused-ring (bicyclic) bond motifs is 1. The van der Waals surface area contributed by atoms with Crippen LogP contribution in [0.4, 0.5) is 4.39 Å². The van der Waals surface area contributed by atoms with Crippen LogP contribution >= 0.6 is 11.3 Å². The van der Waals surface area contributed by atoms with Crippen molar-refractivity contribution in [2.75, 3.05) is 0 Å². The number of hydrogen-bond acceptors (Lipinski definition) is 6. The van der Waals surface area contributed by atoms with Crippen molar-refractivity contribution in [3.63, 3.8) is 0 Å². The van der Waals surface area contributed by atoms with E-state index in [0.29, 0.717) is 35.1 Å². The number of aromatic nitrogens is 4. The van der Waals surface area contributed by atoms with E-state index in [1.807, 2.05) is 29.6 Å². The van der Waals surface area contributed by atoms with Gasteiger partial charge >= 0.3 is 0 Å². The van der Waals surface area contributed by atoms with Crippen LogP contribution in [0.3, 0.4) is 0 Å². The Morgan fingerprint density at radius 1 is 0.903 bits per heavy atom. The summed E-state index contributed by atoms with van der Waals surface area (Å²) in [4.78, 5) is 16.3. The molecule has 0 radical (unpaired) electrons. The minimum atomic E-state index is -0.303. The summed E-state index contributed by atoms with van der Waals surface area (Å²) < 4.78 is 25.8. The van der Waals surface area contributed by atoms with E-state index in [2.05, 4.69) is 19.9 Å². The number of nitrogens with one attached hydrogen (secondary N) is 1. The predicted octanol–water partition coefficient (Wildman–Crippen LogP) is 5.38. The summed E-state index contributed by atoms with van der Waals surface area (Å²) in [7, 11) is 0. The first-order chi connectivity index (χ1) is 15.2. The number of rotatable bonds is 7. The smallest absolute Gasteiger partial charge is 0.178 e. The molecule has 0 fully saturated rings. The lowest BCUT2D eigenvalue weighted by Gasteiger charge is -2.12. The molecule has 8 heteroatoms. The summed E-state index contributed by atoms with van der Waals surface area (Å²) in [5, 5.41) is 2.77. The van der Waals surface area contributed by atoms with E-state index in [1.165, 1.54) is 17.4 Å². The number of thiazole rings is 1. The lowest BCUT2D eigenvalue weighted by atomic mass is 10.2. The molecule has 0 saturated carbocycles. The molecule has 0 aliphatic rings. The lowest BCUT2D eigenvalue weighted by Crippen LogP contribution is -2.00. The average molecular weight is 432 g/mol. The number of pyridine rings is 1. The molecule has 1 N–H and O–H groups in total. The number of nitrogens with zero attached hydrogens (tertiary/aromatic N) is 3. The second-order valence-electron chi connectivity index (χ2n) is 6.75. The van der Waals surface area contributed by atoms with Gasteiger partial charge in [-0.15, -0.1) is 11.3 Å². The van der Waals surface area contributed by atoms with E-state index in [4.69, 9.17) is 9.47 Å². The van der Waals surface area contributed by atoms with Crippen molar-refractivity contribution in [2.24, 2.45) is 0 Å². The molecule has 0 bridgehead atoms. The second-order valence-corrected chi connectivity index (χ2v) is 7.73. The molecular weight excluding hydrogens is 415 g/mol. The van der Waals surface area contributed by atoms with Crippen molar-refractivity contribution in [2.45, 2.75) is 13.2 Å². The fraction of sp³-hybridized carbons (Fsp3) is 0.0870. The number of H-pyrrole nitrogens is 1. The Balaban J connectivity index is 1.46. The second kappa shape index (κ2) is 8.53. The summed E-state index contributed by atoms with van der Waals surface area (Å²) in [6.45, 7) is 0.444. The van der Waals surface area contributed by atoms with Crippen molar-refractivity contribution in [1.29, 1.82) is 0 Å². The summed E-state index contributed by atoms with van der Waals surface area (Å²) >= 11 is 1.52. The highest BCUT2D eigenvalue weighted by Gasteiger charge is 2.11. The van der Waals surface area contributed by atoms with Crippen LogP contribution in [0.1, 0.15) is 10.6 Å². The van der Waals surface area contributed by atoms with Crippen LogP contribution in [0.2, 0.25) is 0 Å². The van der Waals surface area contributed by atoms with Gasteiger partial charge in [0, 0.05) is 35.0 Å². The van der Waals surface area contributed by atoms with Crippen LogP contribution < -0.4 is 9.47 Å². The van der Waals surface area contributed by atoms with Gasteiger partial charge in [0.05, 0.1) is 5.52 Å². The first-order valence-electron chi connectivity index (χ1n) is 9.58. The van der Waals surface area contributed by atoms with Crippen LogP contribution in [-0.2, 0) is 13.2 Å². The molecule has 3 heterocycles. The number of benzene rings is 2. The normalized spacial score (nSPS) is 11.0. The first-order valence-corrected chi connectivity index (χ1v) is 10.5. The molecule has 5 aromatic rings. The van der Waals surface area contributed by atoms with E-state index < -0.39 is 0 Å². The van der Waals surface area contributed by atoms with Gasteiger partial charge in [0.25, 0.3) is 0 Å². The van der Waals surface area contributed by atoms with Crippen LogP contribution in [-0.4, -0.2) is 19.9 Å². The van der Waals surface area contributed by atoms with Gasteiger partial charge < -0.3 is 14.5 Å². The molecule has 0 saturated heterocycles. The molecule has 0 spiro atoms. The van der Waals surface area contributed by atoms with E-state index in [1.54, 1.807) is 36.7 Å². The lowest BCUT2D eigenvalue weighted by molar-refractivity contribution is 0.287. The maximum absolute atomic E-state index is 14.0. The Kier molecular flexibility index (Phi) is 5.28. The van der Waals surface area contributed by atoms with Crippen molar-refractivity contribution < 1.29 is 13.9 Å². The quantitative estimate of drug-likeness (QED) is 0.374. The van der Waals surface area contributed by atoms with Crippen LogP contribution in [0.15, 0.2) is 72.4 Å². The third-order valence-electron chi connectivity index (χ3n) is 4.61. The third kappa shape index (κ3) is 4.39. The SMILES string of the molecule is Fc1ccccc1COc1cc(OCc2nccs2)cc(-c2nc3ncccc3[nH]2)c1. The van der Waals surface area contributed by atoms with Crippen molar-refractivity contribution >= 4 is 22.5 Å². The Labute approximate surface area is 181 Å². The van der Waals surface area contributed by atoms with Gasteiger partial charge in [-0.05, 0) is 30.3 Å². The van der Waals surface area contributed by atoms with Gasteiger partial charge in [-0.3, -0.25) is 0 Å². The summed E-state index contributed by atoms with van der Waals surface area (Å²) in [5.74, 6) is 1.49. The Morgan fingerprint density at radius 3 is 2.52 bits per heavy atom. The van der Waals surface area contributed by atoms with E-state index in [0.717, 1.165) is 16.1 Å². The topological polar surface area (TPSA) is 72.9 Å². The monoisotopic (exact) mass is 432 g/mol. The number of aromatic amines is 1. The molecule has 5 rings (SSSR count). The highest BCUT2D eigenvalue weighted by atomic mass is 32.1. The highest BCUT2D eigenvalue weighted by molar-refractivity contribution is 7.09. The molecule has 0 unspecified atom stereocenters. The van der Waals surface area contributed by atoms with Crippen LogP contribution in [0.25, 0.3) is 22.6 Å². The van der Waals surface area contributed by atoms with Gasteiger partial charge in [-0.2, -0.15) is 0 Å². The maximum atomic E-state index is 14.0. The molecule has 0 aliphatic carbocycles. The van der Waals surface area contributed by atoms with Gasteiger partial charge in [-0.1, -0.05) is 18.2 Å². The third-order valence-corrected chi connectivity index (χ3v) is 5.36. The van der Waals surface area contributed by atoms with Gasteiger partial charge in [0.1, 0.15) is 41.4 Å². The first kappa shape index (κ1) is 19.2. The van der Waals surface area contributed by atoms with E-state index in [-0.39, 0.29) is 12.4 Å². The Hall–Kier alpha value is -3.78. The molecular formula is C23H17FN4O2S. The van der Waals surface area contributed by atoms with E-state index >= 15 is 0 Å². The number of halogens is 1. The molecule has 154 valence electrons. The number of ether oxygens (including phenoxy) is 2. The summed E-state index contributed by atoms with van der Waals surface area (Å²) in [5.41, 5.74) is 2.71. The van der Waals surface area contributed by atoms with Gasteiger partial charge in [0.15, 0.2) is 5.65 Å². The minimum absolute atomic E-state index is 0.101. The zero-order valence-electron chi connectivity index (χ0n) is 16.3. The molecule has 0 aliphatic heterocycles. The predicted molar refractivity (Wildman–Crippen MR) is 117 cm³/mol. The standard InChI is InChI=1S/C23H17FN4O2S/c24-19-5-2-1-4-15(19)13-29-17-10-16(22-27-20-6-3-7-26-23(20)28-22)11-18(12-17)30-14-21-25-8-9-31-21/h1-12H,13-14H2,(H,26,27,28). The summed E-state index contributed by atoms with van der Waals surface area (Å²) in [6, 6.07) is 15.8. The zero-order chi connectivity index (χ0) is 21.0. The molecule has 0 atom stereocenters. The van der Waals surface area contributed by atoms with Crippen molar-refractivity contribution in [3.05, 3.63) is 88.8 Å². The zero-order valence-corrected chi connectivity index (χ0v) is 17.1. The molecule has 6 nitrogen and oxygen atoms in total. The van der Waals surface area contributed by atoms with Gasteiger partial charge in [-0.25, -0.2) is 19.3 Å². The van der Waals surface area contributed by atoms with Crippen molar-refractivity contribution in [3.8, 4) is 22.9 Å². The average Bonchev–Trinajstić information content (AvgIpc) is 3.47. The Bertz CT molecular complexity index is 1290. The molecule has 3 aromatic heterocycles. The molecule has 2 aromatic carbocycles. The fourth-order valence-electron chi connectivity index (χ4n) is 3.10. The molecule has 0 amide bonds. The van der Waals surface area contributed by atoms with Gasteiger partial charge in [0.2, 0.25) is 0 Å². The highest BCUT2D eigenvalue weighted by Crippen LogP contribution is 2.30. The Morgan fingerprint density at radius 2 is 1.74 bits per heavy atom. The molecule has 31 heavy (non-hydrogen) atoms. The van der Waals surface area contributed by atoms with Crippen LogP contribution in [0.5, 0.6) is 11.5 Å². The minimum Gasteiger partial charge on any atom is -0.489 e. The number of hydrogen-bond donors (Lipinski definition) is 1. The number of imidazole rings is 1. The maximum Gasteiger partial charge on any atom is 0.178 e. The largest absolute Gasteiger partial charge is 0.489 e. The fourth-order valence-corrected chi connectivity index (χ4v) is 3.63. The van der Waals surface area contributed by atoms with Crippen LogP contribution in [0, 0.1) is 5.82 Å².